The lowest BCUT2D eigenvalue weighted by atomic mass is 10.4. The first kappa shape index (κ1) is 10.1. The van der Waals surface area contributed by atoms with Gasteiger partial charge in [0.1, 0.15) is 0 Å². The number of nitriles is 1. The predicted molar refractivity (Wildman–Crippen MR) is 59.6 cm³/mol. The van der Waals surface area contributed by atoms with E-state index < -0.39 is 0 Å². The van der Waals surface area contributed by atoms with E-state index in [4.69, 9.17) is 5.26 Å². The third-order valence-electron chi connectivity index (χ3n) is 2.18. The molecule has 0 spiro atoms. The molecule has 0 radical (unpaired) electrons. The Kier molecular flexibility index (Phi) is 2.99. The maximum Gasteiger partial charge on any atom is 0.193 e. The van der Waals surface area contributed by atoms with Gasteiger partial charge in [-0.3, -0.25) is 9.30 Å². The quantitative estimate of drug-likeness (QED) is 0.788. The van der Waals surface area contributed by atoms with E-state index in [0.29, 0.717) is 6.42 Å². The topological polar surface area (TPSA) is 44.3 Å². The lowest BCUT2D eigenvalue weighted by Crippen LogP contribution is -2.18. The van der Waals surface area contributed by atoms with E-state index in [1.54, 1.807) is 11.3 Å². The summed E-state index contributed by atoms with van der Waals surface area (Å²) in [5.41, 5.74) is 1.06. The maximum absolute atomic E-state index is 8.47. The summed E-state index contributed by atoms with van der Waals surface area (Å²) in [7, 11) is 2.00. The number of aromatic nitrogens is 2. The van der Waals surface area contributed by atoms with E-state index in [-0.39, 0.29) is 0 Å². The van der Waals surface area contributed by atoms with Crippen molar-refractivity contribution in [2.75, 3.05) is 13.6 Å². The molecule has 5 heteroatoms. The van der Waals surface area contributed by atoms with Crippen LogP contribution in [0.4, 0.5) is 0 Å². The van der Waals surface area contributed by atoms with Gasteiger partial charge in [-0.25, -0.2) is 4.98 Å². The third-order valence-corrected chi connectivity index (χ3v) is 2.95. The average molecular weight is 220 g/mol. The monoisotopic (exact) mass is 220 g/mol. The van der Waals surface area contributed by atoms with Gasteiger partial charge < -0.3 is 0 Å². The zero-order valence-electron chi connectivity index (χ0n) is 8.55. The van der Waals surface area contributed by atoms with Crippen molar-refractivity contribution in [1.29, 1.82) is 5.26 Å². The van der Waals surface area contributed by atoms with Crippen LogP contribution in [0, 0.1) is 11.3 Å². The molecule has 0 amide bonds. The van der Waals surface area contributed by atoms with Crippen LogP contribution in [0.3, 0.4) is 0 Å². The van der Waals surface area contributed by atoms with Crippen molar-refractivity contribution in [3.8, 4) is 6.07 Å². The maximum atomic E-state index is 8.47. The Morgan fingerprint density at radius 3 is 3.27 bits per heavy atom. The van der Waals surface area contributed by atoms with Crippen molar-refractivity contribution >= 4 is 16.3 Å². The minimum absolute atomic E-state index is 0.568. The molecular weight excluding hydrogens is 208 g/mol. The summed E-state index contributed by atoms with van der Waals surface area (Å²) in [6, 6.07) is 2.14. The fourth-order valence-corrected chi connectivity index (χ4v) is 2.17. The average Bonchev–Trinajstić information content (AvgIpc) is 2.74. The molecule has 4 nitrogen and oxygen atoms in total. The molecule has 0 bridgehead atoms. The first-order chi connectivity index (χ1) is 7.29. The van der Waals surface area contributed by atoms with Crippen LogP contribution >= 0.6 is 11.3 Å². The standard InChI is InChI=1S/C10H12N4S/c1-13(4-2-3-11)7-9-8-14-5-6-15-10(14)12-9/h5-6,8H,2,4,7H2,1H3. The van der Waals surface area contributed by atoms with Gasteiger partial charge in [0.15, 0.2) is 4.96 Å². The second-order valence-electron chi connectivity index (χ2n) is 3.47. The Morgan fingerprint density at radius 2 is 2.53 bits per heavy atom. The number of hydrogen-bond donors (Lipinski definition) is 0. The molecule has 0 atom stereocenters. The molecule has 15 heavy (non-hydrogen) atoms. The molecule has 0 saturated heterocycles. The molecule has 0 aliphatic carbocycles. The van der Waals surface area contributed by atoms with Gasteiger partial charge in [0.05, 0.1) is 11.8 Å². The van der Waals surface area contributed by atoms with Gasteiger partial charge in [-0.2, -0.15) is 5.26 Å². The summed E-state index contributed by atoms with van der Waals surface area (Å²) in [6.45, 7) is 1.59. The summed E-state index contributed by atoms with van der Waals surface area (Å²) in [4.78, 5) is 7.61. The summed E-state index contributed by atoms with van der Waals surface area (Å²) >= 11 is 1.63. The molecule has 0 saturated carbocycles. The van der Waals surface area contributed by atoms with Crippen LogP contribution < -0.4 is 0 Å². The summed E-state index contributed by atoms with van der Waals surface area (Å²) in [5, 5.41) is 10.5. The fourth-order valence-electron chi connectivity index (χ4n) is 1.45. The van der Waals surface area contributed by atoms with Crippen molar-refractivity contribution in [2.45, 2.75) is 13.0 Å². The number of imidazole rings is 1. The molecule has 0 fully saturated rings. The molecule has 0 unspecified atom stereocenters. The molecule has 2 rings (SSSR count). The largest absolute Gasteiger partial charge is 0.299 e. The molecule has 2 heterocycles. The second kappa shape index (κ2) is 4.43. The SMILES string of the molecule is CN(CCC#N)Cc1cn2ccsc2n1. The van der Waals surface area contributed by atoms with Crippen LogP contribution in [0.5, 0.6) is 0 Å². The molecule has 0 N–H and O–H groups in total. The normalized spacial score (nSPS) is 11.0. The Labute approximate surface area is 92.4 Å². The number of nitrogens with zero attached hydrogens (tertiary/aromatic N) is 4. The van der Waals surface area contributed by atoms with Crippen molar-refractivity contribution < 1.29 is 0 Å². The van der Waals surface area contributed by atoms with Gasteiger partial charge in [0, 0.05) is 37.3 Å². The van der Waals surface area contributed by atoms with Gasteiger partial charge >= 0.3 is 0 Å². The van der Waals surface area contributed by atoms with Crippen LogP contribution in [-0.4, -0.2) is 27.9 Å². The van der Waals surface area contributed by atoms with Gasteiger partial charge in [-0.05, 0) is 7.05 Å². The van der Waals surface area contributed by atoms with Gasteiger partial charge in [0.2, 0.25) is 0 Å². The second-order valence-corrected chi connectivity index (χ2v) is 4.34. The molecule has 78 valence electrons. The summed E-state index contributed by atoms with van der Waals surface area (Å²) in [6.07, 6.45) is 4.61. The number of fused-ring (bicyclic) bond motifs is 1. The fraction of sp³-hybridized carbons (Fsp3) is 0.400. The number of hydrogen-bond acceptors (Lipinski definition) is 4. The highest BCUT2D eigenvalue weighted by atomic mass is 32.1. The molecule has 0 aromatic carbocycles. The van der Waals surface area contributed by atoms with Gasteiger partial charge in [-0.15, -0.1) is 11.3 Å². The molecular formula is C10H12N4S. The van der Waals surface area contributed by atoms with Crippen LogP contribution in [0.1, 0.15) is 12.1 Å². The summed E-state index contributed by atoms with van der Waals surface area (Å²) < 4.78 is 2.03. The third kappa shape index (κ3) is 2.35. The van der Waals surface area contributed by atoms with E-state index in [1.165, 1.54) is 0 Å². The van der Waals surface area contributed by atoms with Gasteiger partial charge in [0.25, 0.3) is 0 Å². The zero-order valence-corrected chi connectivity index (χ0v) is 9.37. The van der Waals surface area contributed by atoms with E-state index >= 15 is 0 Å². The van der Waals surface area contributed by atoms with E-state index in [9.17, 15) is 0 Å². The van der Waals surface area contributed by atoms with E-state index in [0.717, 1.165) is 23.7 Å². The Bertz CT molecular complexity index is 450. The smallest absolute Gasteiger partial charge is 0.193 e. The van der Waals surface area contributed by atoms with Crippen LogP contribution in [0.2, 0.25) is 0 Å². The van der Waals surface area contributed by atoms with Crippen LogP contribution in [-0.2, 0) is 6.54 Å². The molecule has 2 aromatic rings. The molecule has 0 aliphatic rings. The lowest BCUT2D eigenvalue weighted by molar-refractivity contribution is 0.331. The molecule has 0 aliphatic heterocycles. The minimum Gasteiger partial charge on any atom is -0.299 e. The van der Waals surface area contributed by atoms with Crippen molar-refractivity contribution in [3.05, 3.63) is 23.5 Å². The van der Waals surface area contributed by atoms with E-state index in [2.05, 4.69) is 16.0 Å². The lowest BCUT2D eigenvalue weighted by Gasteiger charge is -2.12. The number of rotatable bonds is 4. The van der Waals surface area contributed by atoms with Gasteiger partial charge in [-0.1, -0.05) is 0 Å². The van der Waals surface area contributed by atoms with Crippen molar-refractivity contribution in [3.63, 3.8) is 0 Å². The highest BCUT2D eigenvalue weighted by Gasteiger charge is 2.05. The van der Waals surface area contributed by atoms with Crippen LogP contribution in [0.25, 0.3) is 4.96 Å². The number of thiazole rings is 1. The van der Waals surface area contributed by atoms with Crippen molar-refractivity contribution in [2.24, 2.45) is 0 Å². The van der Waals surface area contributed by atoms with Crippen LogP contribution in [0.15, 0.2) is 17.8 Å². The Hall–Kier alpha value is -1.38. The van der Waals surface area contributed by atoms with E-state index in [1.807, 2.05) is 29.2 Å². The van der Waals surface area contributed by atoms with Crippen molar-refractivity contribution in [1.82, 2.24) is 14.3 Å². The first-order valence-electron chi connectivity index (χ1n) is 4.76. The zero-order chi connectivity index (χ0) is 10.7. The Morgan fingerprint density at radius 1 is 1.67 bits per heavy atom. The minimum atomic E-state index is 0.568. The molecule has 2 aromatic heterocycles. The summed E-state index contributed by atoms with van der Waals surface area (Å²) in [5.74, 6) is 0. The first-order valence-corrected chi connectivity index (χ1v) is 5.64. The highest BCUT2D eigenvalue weighted by molar-refractivity contribution is 7.15. The highest BCUT2D eigenvalue weighted by Crippen LogP contribution is 2.12. The predicted octanol–water partition coefficient (Wildman–Crippen LogP) is 1.74. The Balaban J connectivity index is 2.00.